The lowest BCUT2D eigenvalue weighted by molar-refractivity contribution is -0.121. The number of nitrogens with one attached hydrogen (secondary N) is 1. The third-order valence-corrected chi connectivity index (χ3v) is 5.27. The lowest BCUT2D eigenvalue weighted by Crippen LogP contribution is -2.44. The van der Waals surface area contributed by atoms with Crippen LogP contribution in [0.25, 0.3) is 11.0 Å². The maximum Gasteiger partial charge on any atom is 0.317 e. The van der Waals surface area contributed by atoms with Crippen molar-refractivity contribution in [2.24, 2.45) is 0 Å². The molecule has 0 unspecified atom stereocenters. The fraction of sp³-hybridized carbons (Fsp3) is 0.348. The van der Waals surface area contributed by atoms with E-state index in [0.717, 1.165) is 25.2 Å². The SMILES string of the molecule is CCN(CC)CCNC(=O)Cn1c(=O)c(=O)n(Cc2ccccc2)c2ccccc21. The van der Waals surface area contributed by atoms with Crippen LogP contribution in [0.15, 0.2) is 64.2 Å². The summed E-state index contributed by atoms with van der Waals surface area (Å²) in [5, 5.41) is 2.85. The summed E-state index contributed by atoms with van der Waals surface area (Å²) in [6, 6.07) is 16.7. The molecule has 3 aromatic rings. The highest BCUT2D eigenvalue weighted by Gasteiger charge is 2.15. The monoisotopic (exact) mass is 408 g/mol. The number of rotatable bonds is 9. The second-order valence-electron chi connectivity index (χ2n) is 7.13. The molecule has 0 saturated carbocycles. The Morgan fingerprint density at radius 2 is 1.43 bits per heavy atom. The number of carbonyl (C=O) groups is 1. The van der Waals surface area contributed by atoms with E-state index in [1.165, 1.54) is 9.13 Å². The Morgan fingerprint density at radius 3 is 2.07 bits per heavy atom. The van der Waals surface area contributed by atoms with Gasteiger partial charge in [0.25, 0.3) is 0 Å². The zero-order valence-electron chi connectivity index (χ0n) is 17.5. The number of hydrogen-bond acceptors (Lipinski definition) is 4. The van der Waals surface area contributed by atoms with Crippen molar-refractivity contribution in [3.05, 3.63) is 80.9 Å². The van der Waals surface area contributed by atoms with Crippen molar-refractivity contribution in [3.8, 4) is 0 Å². The van der Waals surface area contributed by atoms with Gasteiger partial charge in [0.05, 0.1) is 17.6 Å². The first-order chi connectivity index (χ1) is 14.5. The van der Waals surface area contributed by atoms with Gasteiger partial charge in [0, 0.05) is 13.1 Å². The number of fused-ring (bicyclic) bond motifs is 1. The van der Waals surface area contributed by atoms with Crippen LogP contribution >= 0.6 is 0 Å². The van der Waals surface area contributed by atoms with Crippen LogP contribution < -0.4 is 16.4 Å². The Balaban J connectivity index is 1.89. The minimum atomic E-state index is -0.691. The molecule has 7 nitrogen and oxygen atoms in total. The number of hydrogen-bond donors (Lipinski definition) is 1. The van der Waals surface area contributed by atoms with E-state index in [1.807, 2.05) is 36.4 Å². The predicted molar refractivity (Wildman–Crippen MR) is 119 cm³/mol. The maximum atomic E-state index is 12.9. The van der Waals surface area contributed by atoms with E-state index in [4.69, 9.17) is 0 Å². The minimum absolute atomic E-state index is 0.182. The number of aromatic nitrogens is 2. The molecule has 0 aliphatic rings. The van der Waals surface area contributed by atoms with Crippen LogP contribution in [0.1, 0.15) is 19.4 Å². The molecular formula is C23H28N4O3. The molecule has 1 aromatic heterocycles. The molecule has 0 atom stereocenters. The minimum Gasteiger partial charge on any atom is -0.353 e. The van der Waals surface area contributed by atoms with Crippen molar-refractivity contribution in [2.75, 3.05) is 26.2 Å². The van der Waals surface area contributed by atoms with E-state index >= 15 is 0 Å². The topological polar surface area (TPSA) is 76.3 Å². The van der Waals surface area contributed by atoms with Crippen LogP contribution in [0.2, 0.25) is 0 Å². The van der Waals surface area contributed by atoms with Gasteiger partial charge in [0.1, 0.15) is 6.54 Å². The average Bonchev–Trinajstić information content (AvgIpc) is 2.78. The molecule has 1 amide bonds. The van der Waals surface area contributed by atoms with Crippen molar-refractivity contribution >= 4 is 16.9 Å². The molecule has 0 spiro atoms. The molecule has 7 heteroatoms. The normalized spacial score (nSPS) is 11.2. The lowest BCUT2D eigenvalue weighted by atomic mass is 10.2. The highest BCUT2D eigenvalue weighted by Crippen LogP contribution is 2.12. The smallest absolute Gasteiger partial charge is 0.317 e. The Bertz CT molecular complexity index is 1110. The average molecular weight is 409 g/mol. The van der Waals surface area contributed by atoms with Gasteiger partial charge in [-0.05, 0) is 30.8 Å². The van der Waals surface area contributed by atoms with Gasteiger partial charge in [-0.1, -0.05) is 56.3 Å². The lowest BCUT2D eigenvalue weighted by Gasteiger charge is -2.18. The molecule has 158 valence electrons. The summed E-state index contributed by atoms with van der Waals surface area (Å²) in [5.74, 6) is -0.283. The zero-order valence-corrected chi connectivity index (χ0v) is 17.5. The van der Waals surface area contributed by atoms with Crippen molar-refractivity contribution in [2.45, 2.75) is 26.9 Å². The zero-order chi connectivity index (χ0) is 21.5. The first-order valence-corrected chi connectivity index (χ1v) is 10.3. The highest BCUT2D eigenvalue weighted by atomic mass is 16.2. The third-order valence-electron chi connectivity index (χ3n) is 5.27. The summed E-state index contributed by atoms with van der Waals surface area (Å²) >= 11 is 0. The number of para-hydroxylation sites is 2. The van der Waals surface area contributed by atoms with Gasteiger partial charge in [-0.15, -0.1) is 0 Å². The standard InChI is InChI=1S/C23H28N4O3/c1-3-25(4-2)15-14-24-21(28)17-27-20-13-9-8-12-19(20)26(22(29)23(27)30)16-18-10-6-5-7-11-18/h5-13H,3-4,14-17H2,1-2H3,(H,24,28). The Hall–Kier alpha value is -3.19. The summed E-state index contributed by atoms with van der Waals surface area (Å²) < 4.78 is 2.74. The van der Waals surface area contributed by atoms with Crippen LogP contribution in [0, 0.1) is 0 Å². The Morgan fingerprint density at radius 1 is 0.867 bits per heavy atom. The number of amides is 1. The number of nitrogens with zero attached hydrogens (tertiary/aromatic N) is 3. The number of carbonyl (C=O) groups excluding carboxylic acids is 1. The predicted octanol–water partition coefficient (Wildman–Crippen LogP) is 1.67. The van der Waals surface area contributed by atoms with Gasteiger partial charge in [0.15, 0.2) is 0 Å². The van der Waals surface area contributed by atoms with E-state index in [0.29, 0.717) is 24.1 Å². The summed E-state index contributed by atoms with van der Waals surface area (Å²) in [5.41, 5.74) is 0.798. The van der Waals surface area contributed by atoms with Crippen LogP contribution in [0.3, 0.4) is 0 Å². The molecule has 3 rings (SSSR count). The van der Waals surface area contributed by atoms with Crippen molar-refractivity contribution in [1.82, 2.24) is 19.4 Å². The van der Waals surface area contributed by atoms with Gasteiger partial charge in [-0.3, -0.25) is 23.5 Å². The van der Waals surface area contributed by atoms with E-state index in [1.54, 1.807) is 18.2 Å². The van der Waals surface area contributed by atoms with Gasteiger partial charge in [-0.2, -0.15) is 0 Å². The van der Waals surface area contributed by atoms with Crippen LogP contribution in [0.4, 0.5) is 0 Å². The molecule has 0 radical (unpaired) electrons. The van der Waals surface area contributed by atoms with Gasteiger partial charge >= 0.3 is 11.1 Å². The van der Waals surface area contributed by atoms with Crippen LogP contribution in [0.5, 0.6) is 0 Å². The quantitative estimate of drug-likeness (QED) is 0.547. The fourth-order valence-electron chi connectivity index (χ4n) is 3.54. The van der Waals surface area contributed by atoms with Crippen molar-refractivity contribution in [1.29, 1.82) is 0 Å². The fourth-order valence-corrected chi connectivity index (χ4v) is 3.54. The molecule has 0 fully saturated rings. The molecule has 0 bridgehead atoms. The molecule has 0 aliphatic carbocycles. The Kier molecular flexibility index (Phi) is 7.19. The van der Waals surface area contributed by atoms with E-state index in [-0.39, 0.29) is 12.5 Å². The summed E-state index contributed by atoms with van der Waals surface area (Å²) in [6.07, 6.45) is 0. The molecule has 2 aromatic carbocycles. The van der Waals surface area contributed by atoms with Crippen molar-refractivity contribution in [3.63, 3.8) is 0 Å². The molecule has 30 heavy (non-hydrogen) atoms. The number of benzene rings is 2. The first kappa shape index (κ1) is 21.5. The molecule has 1 heterocycles. The van der Waals surface area contributed by atoms with Gasteiger partial charge in [0.2, 0.25) is 5.91 Å². The van der Waals surface area contributed by atoms with E-state index in [2.05, 4.69) is 24.1 Å². The summed E-state index contributed by atoms with van der Waals surface area (Å²) in [6.45, 7) is 7.33. The van der Waals surface area contributed by atoms with Gasteiger partial charge in [-0.25, -0.2) is 0 Å². The van der Waals surface area contributed by atoms with E-state index in [9.17, 15) is 14.4 Å². The molecular weight excluding hydrogens is 380 g/mol. The van der Waals surface area contributed by atoms with Gasteiger partial charge < -0.3 is 10.2 Å². The first-order valence-electron chi connectivity index (χ1n) is 10.3. The molecule has 0 aliphatic heterocycles. The second kappa shape index (κ2) is 10.0. The highest BCUT2D eigenvalue weighted by molar-refractivity contribution is 5.80. The Labute approximate surface area is 175 Å². The molecule has 1 N–H and O–H groups in total. The largest absolute Gasteiger partial charge is 0.353 e. The van der Waals surface area contributed by atoms with Crippen molar-refractivity contribution < 1.29 is 4.79 Å². The summed E-state index contributed by atoms with van der Waals surface area (Å²) in [4.78, 5) is 40.4. The molecule has 0 saturated heterocycles. The van der Waals surface area contributed by atoms with Crippen LogP contribution in [-0.2, 0) is 17.9 Å². The second-order valence-corrected chi connectivity index (χ2v) is 7.13. The van der Waals surface area contributed by atoms with E-state index < -0.39 is 11.1 Å². The maximum absolute atomic E-state index is 12.9. The number of likely N-dealkylation sites (N-methyl/N-ethyl adjacent to an activating group) is 1. The third kappa shape index (κ3) is 4.86. The van der Waals surface area contributed by atoms with Crippen LogP contribution in [-0.4, -0.2) is 46.1 Å². The summed E-state index contributed by atoms with van der Waals surface area (Å²) in [7, 11) is 0.